The number of carbonyl (C=O) groups excluding carboxylic acids is 1. The molecule has 0 bridgehead atoms. The van der Waals surface area contributed by atoms with Crippen molar-refractivity contribution in [1.29, 1.82) is 0 Å². The van der Waals surface area contributed by atoms with Crippen LogP contribution in [0.4, 0.5) is 5.69 Å². The zero-order valence-electron chi connectivity index (χ0n) is 10.5. The third-order valence-corrected chi connectivity index (χ3v) is 3.54. The molecule has 2 N–H and O–H groups in total. The molecule has 1 aromatic rings. The van der Waals surface area contributed by atoms with Crippen LogP contribution in [-0.2, 0) is 0 Å². The van der Waals surface area contributed by atoms with Crippen molar-refractivity contribution in [3.8, 4) is 0 Å². The average molecular weight is 232 g/mol. The van der Waals surface area contributed by atoms with Crippen molar-refractivity contribution in [3.63, 3.8) is 0 Å². The van der Waals surface area contributed by atoms with Gasteiger partial charge in [0, 0.05) is 23.8 Å². The molecule has 3 nitrogen and oxygen atoms in total. The summed E-state index contributed by atoms with van der Waals surface area (Å²) in [6.45, 7) is 5.20. The van der Waals surface area contributed by atoms with Crippen LogP contribution in [0, 0.1) is 5.92 Å². The quantitative estimate of drug-likeness (QED) is 0.756. The lowest BCUT2D eigenvalue weighted by Crippen LogP contribution is -2.44. The molecule has 1 heterocycles. The first-order valence-electron chi connectivity index (χ1n) is 6.24. The predicted molar refractivity (Wildman–Crippen MR) is 69.8 cm³/mol. The molecule has 0 aromatic heterocycles. The molecule has 0 saturated carbocycles. The highest BCUT2D eigenvalue weighted by Gasteiger charge is 2.27. The Morgan fingerprint density at radius 3 is 2.53 bits per heavy atom. The highest BCUT2D eigenvalue weighted by Crippen LogP contribution is 2.23. The summed E-state index contributed by atoms with van der Waals surface area (Å²) in [5, 5.41) is 0. The van der Waals surface area contributed by atoms with Crippen molar-refractivity contribution in [2.45, 2.75) is 32.7 Å². The fraction of sp³-hybridized carbons (Fsp3) is 0.500. The first-order chi connectivity index (χ1) is 8.08. The molecule has 1 saturated heterocycles. The summed E-state index contributed by atoms with van der Waals surface area (Å²) in [6, 6.07) is 7.53. The Labute approximate surface area is 103 Å². The molecule has 2 unspecified atom stereocenters. The van der Waals surface area contributed by atoms with E-state index in [4.69, 9.17) is 5.73 Å². The molecule has 1 aromatic carbocycles. The summed E-state index contributed by atoms with van der Waals surface area (Å²) in [6.07, 6.45) is 2.31. The van der Waals surface area contributed by atoms with E-state index >= 15 is 0 Å². The fourth-order valence-electron chi connectivity index (χ4n) is 2.36. The number of anilines is 1. The molecule has 1 aliphatic heterocycles. The SMILES string of the molecule is CC1CCC(C)N(C(=O)c2ccc(N)cc2)C1. The second-order valence-electron chi connectivity index (χ2n) is 5.11. The third kappa shape index (κ3) is 2.60. The van der Waals surface area contributed by atoms with Crippen LogP contribution in [0.15, 0.2) is 24.3 Å². The number of hydrogen-bond acceptors (Lipinski definition) is 2. The molecule has 0 spiro atoms. The van der Waals surface area contributed by atoms with Crippen LogP contribution in [0.5, 0.6) is 0 Å². The van der Waals surface area contributed by atoms with Crippen LogP contribution in [0.3, 0.4) is 0 Å². The van der Waals surface area contributed by atoms with Crippen LogP contribution >= 0.6 is 0 Å². The van der Waals surface area contributed by atoms with Gasteiger partial charge in [-0.3, -0.25) is 4.79 Å². The van der Waals surface area contributed by atoms with Crippen LogP contribution in [0.2, 0.25) is 0 Å². The van der Waals surface area contributed by atoms with E-state index in [1.165, 1.54) is 6.42 Å². The summed E-state index contributed by atoms with van der Waals surface area (Å²) >= 11 is 0. The van der Waals surface area contributed by atoms with Gasteiger partial charge in [-0.05, 0) is 49.9 Å². The standard InChI is InChI=1S/C14H20N2O/c1-10-3-4-11(2)16(9-10)14(17)12-5-7-13(15)8-6-12/h5-8,10-11H,3-4,9,15H2,1-2H3. The van der Waals surface area contributed by atoms with Gasteiger partial charge in [0.15, 0.2) is 0 Å². The van der Waals surface area contributed by atoms with E-state index in [1.54, 1.807) is 12.1 Å². The molecular formula is C14H20N2O. The second-order valence-corrected chi connectivity index (χ2v) is 5.11. The van der Waals surface area contributed by atoms with E-state index in [0.29, 0.717) is 17.6 Å². The number of likely N-dealkylation sites (tertiary alicyclic amines) is 1. The molecule has 0 radical (unpaired) electrons. The summed E-state index contributed by atoms with van der Waals surface area (Å²) < 4.78 is 0. The minimum absolute atomic E-state index is 0.129. The van der Waals surface area contributed by atoms with E-state index in [-0.39, 0.29) is 5.91 Å². The van der Waals surface area contributed by atoms with E-state index in [9.17, 15) is 4.79 Å². The van der Waals surface area contributed by atoms with E-state index in [0.717, 1.165) is 18.5 Å². The molecule has 3 heteroatoms. The summed E-state index contributed by atoms with van der Waals surface area (Å²) in [5.41, 5.74) is 7.06. The van der Waals surface area contributed by atoms with Gasteiger partial charge in [0.1, 0.15) is 0 Å². The number of nitrogen functional groups attached to an aromatic ring is 1. The molecule has 1 fully saturated rings. The largest absolute Gasteiger partial charge is 0.399 e. The van der Waals surface area contributed by atoms with Gasteiger partial charge < -0.3 is 10.6 Å². The van der Waals surface area contributed by atoms with Crippen molar-refractivity contribution in [2.75, 3.05) is 12.3 Å². The number of amides is 1. The Morgan fingerprint density at radius 2 is 1.88 bits per heavy atom. The maximum atomic E-state index is 12.4. The molecule has 2 atom stereocenters. The number of piperidine rings is 1. The van der Waals surface area contributed by atoms with Crippen LogP contribution in [0.25, 0.3) is 0 Å². The fourth-order valence-corrected chi connectivity index (χ4v) is 2.36. The van der Waals surface area contributed by atoms with Crippen LogP contribution in [0.1, 0.15) is 37.0 Å². The lowest BCUT2D eigenvalue weighted by molar-refractivity contribution is 0.0574. The lowest BCUT2D eigenvalue weighted by atomic mass is 9.94. The first kappa shape index (κ1) is 12.0. The van der Waals surface area contributed by atoms with Crippen molar-refractivity contribution < 1.29 is 4.79 Å². The van der Waals surface area contributed by atoms with Gasteiger partial charge in [-0.1, -0.05) is 6.92 Å². The number of nitrogens with zero attached hydrogens (tertiary/aromatic N) is 1. The van der Waals surface area contributed by atoms with Gasteiger partial charge >= 0.3 is 0 Å². The highest BCUT2D eigenvalue weighted by atomic mass is 16.2. The van der Waals surface area contributed by atoms with E-state index < -0.39 is 0 Å². The van der Waals surface area contributed by atoms with Gasteiger partial charge in [-0.2, -0.15) is 0 Å². The average Bonchev–Trinajstić information content (AvgIpc) is 2.32. The van der Waals surface area contributed by atoms with Gasteiger partial charge in [0.25, 0.3) is 5.91 Å². The predicted octanol–water partition coefficient (Wildman–Crippen LogP) is 2.53. The maximum absolute atomic E-state index is 12.4. The molecule has 2 rings (SSSR count). The van der Waals surface area contributed by atoms with Gasteiger partial charge in [0.05, 0.1) is 0 Å². The molecular weight excluding hydrogens is 212 g/mol. The minimum Gasteiger partial charge on any atom is -0.399 e. The minimum atomic E-state index is 0.129. The summed E-state index contributed by atoms with van der Waals surface area (Å²) in [5.74, 6) is 0.730. The zero-order valence-corrected chi connectivity index (χ0v) is 10.5. The molecule has 0 aliphatic carbocycles. The second kappa shape index (κ2) is 4.78. The molecule has 1 aliphatic rings. The normalized spacial score (nSPS) is 24.7. The van der Waals surface area contributed by atoms with Crippen LogP contribution in [-0.4, -0.2) is 23.4 Å². The topological polar surface area (TPSA) is 46.3 Å². The van der Waals surface area contributed by atoms with E-state index in [2.05, 4.69) is 13.8 Å². The molecule has 17 heavy (non-hydrogen) atoms. The molecule has 1 amide bonds. The van der Waals surface area contributed by atoms with E-state index in [1.807, 2.05) is 17.0 Å². The van der Waals surface area contributed by atoms with Gasteiger partial charge in [0.2, 0.25) is 0 Å². The van der Waals surface area contributed by atoms with Gasteiger partial charge in [-0.25, -0.2) is 0 Å². The number of carbonyl (C=O) groups is 1. The van der Waals surface area contributed by atoms with Crippen molar-refractivity contribution in [1.82, 2.24) is 4.90 Å². The zero-order chi connectivity index (χ0) is 12.4. The smallest absolute Gasteiger partial charge is 0.254 e. The van der Waals surface area contributed by atoms with Crippen molar-refractivity contribution in [2.24, 2.45) is 5.92 Å². The Morgan fingerprint density at radius 1 is 1.24 bits per heavy atom. The Balaban J connectivity index is 2.15. The Hall–Kier alpha value is -1.51. The van der Waals surface area contributed by atoms with Crippen molar-refractivity contribution >= 4 is 11.6 Å². The summed E-state index contributed by atoms with van der Waals surface area (Å²) in [4.78, 5) is 14.3. The first-order valence-corrected chi connectivity index (χ1v) is 6.24. The number of hydrogen-bond donors (Lipinski definition) is 1. The number of nitrogens with two attached hydrogens (primary N) is 1. The maximum Gasteiger partial charge on any atom is 0.254 e. The summed E-state index contributed by atoms with van der Waals surface area (Å²) in [7, 11) is 0. The Bertz CT molecular complexity index is 399. The van der Waals surface area contributed by atoms with Crippen LogP contribution < -0.4 is 5.73 Å². The van der Waals surface area contributed by atoms with Crippen molar-refractivity contribution in [3.05, 3.63) is 29.8 Å². The number of rotatable bonds is 1. The lowest BCUT2D eigenvalue weighted by Gasteiger charge is -2.36. The number of benzene rings is 1. The third-order valence-electron chi connectivity index (χ3n) is 3.54. The Kier molecular flexibility index (Phi) is 3.36. The van der Waals surface area contributed by atoms with Gasteiger partial charge in [-0.15, -0.1) is 0 Å². The monoisotopic (exact) mass is 232 g/mol. The highest BCUT2D eigenvalue weighted by molar-refractivity contribution is 5.94. The molecule has 92 valence electrons.